The van der Waals surface area contributed by atoms with Crippen LogP contribution < -0.4 is 0 Å². The normalized spacial score (nSPS) is 10.6. The lowest BCUT2D eigenvalue weighted by Crippen LogP contribution is -2.07. The van der Waals surface area contributed by atoms with Crippen molar-refractivity contribution in [3.8, 4) is 0 Å². The Hall–Kier alpha value is -1.96. The lowest BCUT2D eigenvalue weighted by Gasteiger charge is -2.08. The van der Waals surface area contributed by atoms with E-state index in [1.165, 1.54) is 11.6 Å². The summed E-state index contributed by atoms with van der Waals surface area (Å²) in [5.41, 5.74) is 4.10. The SMILES string of the molecule is Cc1ccc(CCC(=O)c2c(C)cc(C)cc2F)cc1. The van der Waals surface area contributed by atoms with Crippen LogP contribution in [0.2, 0.25) is 0 Å². The average molecular weight is 270 g/mol. The summed E-state index contributed by atoms with van der Waals surface area (Å²) in [6.07, 6.45) is 0.982. The number of hydrogen-bond donors (Lipinski definition) is 0. The van der Waals surface area contributed by atoms with Crippen LogP contribution in [-0.2, 0) is 6.42 Å². The third kappa shape index (κ3) is 3.32. The first kappa shape index (κ1) is 14.4. The molecule has 1 nitrogen and oxygen atoms in total. The fourth-order valence-corrected chi connectivity index (χ4v) is 2.41. The Morgan fingerprint density at radius 1 is 1.00 bits per heavy atom. The van der Waals surface area contributed by atoms with Crippen LogP contribution in [0, 0.1) is 26.6 Å². The van der Waals surface area contributed by atoms with Crippen molar-refractivity contribution in [2.45, 2.75) is 33.6 Å². The molecule has 0 bridgehead atoms. The Morgan fingerprint density at radius 2 is 1.65 bits per heavy atom. The first-order valence-electron chi connectivity index (χ1n) is 6.83. The van der Waals surface area contributed by atoms with Gasteiger partial charge in [-0.2, -0.15) is 0 Å². The second kappa shape index (κ2) is 6.00. The monoisotopic (exact) mass is 270 g/mol. The molecular formula is C18H19FO. The van der Waals surface area contributed by atoms with Crippen molar-refractivity contribution in [3.63, 3.8) is 0 Å². The zero-order chi connectivity index (χ0) is 14.7. The first-order valence-corrected chi connectivity index (χ1v) is 6.83. The van der Waals surface area contributed by atoms with Gasteiger partial charge in [0.05, 0.1) is 5.56 Å². The molecule has 0 spiro atoms. The number of halogens is 1. The number of carbonyl (C=O) groups is 1. The highest BCUT2D eigenvalue weighted by atomic mass is 19.1. The maximum atomic E-state index is 13.9. The molecule has 0 aliphatic carbocycles. The molecule has 0 fully saturated rings. The lowest BCUT2D eigenvalue weighted by atomic mass is 9.97. The predicted molar refractivity (Wildman–Crippen MR) is 79.7 cm³/mol. The van der Waals surface area contributed by atoms with E-state index in [4.69, 9.17) is 0 Å². The van der Waals surface area contributed by atoms with E-state index in [2.05, 4.69) is 0 Å². The number of hydrogen-bond acceptors (Lipinski definition) is 1. The van der Waals surface area contributed by atoms with E-state index >= 15 is 0 Å². The average Bonchev–Trinajstić information content (AvgIpc) is 2.37. The summed E-state index contributed by atoms with van der Waals surface area (Å²) < 4.78 is 13.9. The summed E-state index contributed by atoms with van der Waals surface area (Å²) in [5, 5.41) is 0. The van der Waals surface area contributed by atoms with E-state index < -0.39 is 5.82 Å². The van der Waals surface area contributed by atoms with Crippen molar-refractivity contribution in [2.24, 2.45) is 0 Å². The minimum Gasteiger partial charge on any atom is -0.294 e. The second-order valence-electron chi connectivity index (χ2n) is 5.35. The van der Waals surface area contributed by atoms with Crippen molar-refractivity contribution in [1.29, 1.82) is 0 Å². The molecule has 0 unspecified atom stereocenters. The summed E-state index contributed by atoms with van der Waals surface area (Å²) in [6.45, 7) is 5.64. The van der Waals surface area contributed by atoms with Gasteiger partial charge in [0.1, 0.15) is 5.82 Å². The van der Waals surface area contributed by atoms with Gasteiger partial charge in [0, 0.05) is 6.42 Å². The molecule has 0 atom stereocenters. The Kier molecular flexibility index (Phi) is 4.33. The molecule has 0 heterocycles. The lowest BCUT2D eigenvalue weighted by molar-refractivity contribution is 0.0978. The van der Waals surface area contributed by atoms with E-state index in [0.29, 0.717) is 12.8 Å². The van der Waals surface area contributed by atoms with Crippen LogP contribution in [0.3, 0.4) is 0 Å². The smallest absolute Gasteiger partial charge is 0.166 e. The molecular weight excluding hydrogens is 251 g/mol. The van der Waals surface area contributed by atoms with Gasteiger partial charge in [-0.25, -0.2) is 4.39 Å². The zero-order valence-corrected chi connectivity index (χ0v) is 12.2. The molecule has 0 amide bonds. The maximum Gasteiger partial charge on any atom is 0.166 e. The molecule has 0 aromatic heterocycles. The number of Topliss-reactive ketones (excluding diaryl/α,β-unsaturated/α-hetero) is 1. The number of carbonyl (C=O) groups excluding carboxylic acids is 1. The van der Waals surface area contributed by atoms with E-state index in [0.717, 1.165) is 16.7 Å². The van der Waals surface area contributed by atoms with Gasteiger partial charge in [0.25, 0.3) is 0 Å². The largest absolute Gasteiger partial charge is 0.294 e. The number of aryl methyl sites for hydroxylation is 4. The van der Waals surface area contributed by atoms with Gasteiger partial charge in [0.2, 0.25) is 0 Å². The number of ketones is 1. The van der Waals surface area contributed by atoms with Crippen molar-refractivity contribution < 1.29 is 9.18 Å². The van der Waals surface area contributed by atoms with Crippen molar-refractivity contribution >= 4 is 5.78 Å². The van der Waals surface area contributed by atoms with Gasteiger partial charge < -0.3 is 0 Å². The third-order valence-corrected chi connectivity index (χ3v) is 3.47. The van der Waals surface area contributed by atoms with Crippen molar-refractivity contribution in [3.05, 3.63) is 70.0 Å². The fraction of sp³-hybridized carbons (Fsp3) is 0.278. The van der Waals surface area contributed by atoms with Gasteiger partial charge in [0.15, 0.2) is 5.78 Å². The molecule has 0 aliphatic rings. The third-order valence-electron chi connectivity index (χ3n) is 3.47. The summed E-state index contributed by atoms with van der Waals surface area (Å²) >= 11 is 0. The minimum absolute atomic E-state index is 0.124. The maximum absolute atomic E-state index is 13.9. The van der Waals surface area contributed by atoms with Crippen LogP contribution >= 0.6 is 0 Å². The highest BCUT2D eigenvalue weighted by Crippen LogP contribution is 2.18. The van der Waals surface area contributed by atoms with E-state index in [1.54, 1.807) is 6.92 Å². The molecule has 2 heteroatoms. The van der Waals surface area contributed by atoms with Gasteiger partial charge in [-0.15, -0.1) is 0 Å². The van der Waals surface area contributed by atoms with Crippen molar-refractivity contribution in [1.82, 2.24) is 0 Å². The molecule has 2 aromatic rings. The minimum atomic E-state index is -0.406. The van der Waals surface area contributed by atoms with Crippen LogP contribution in [-0.4, -0.2) is 5.78 Å². The van der Waals surface area contributed by atoms with E-state index in [9.17, 15) is 9.18 Å². The molecule has 0 radical (unpaired) electrons. The van der Waals surface area contributed by atoms with Crippen LogP contribution in [0.4, 0.5) is 4.39 Å². The molecule has 0 saturated heterocycles. The van der Waals surface area contributed by atoms with Crippen LogP contribution in [0.25, 0.3) is 0 Å². The summed E-state index contributed by atoms with van der Waals surface area (Å²) in [5.74, 6) is -0.531. The summed E-state index contributed by atoms with van der Waals surface area (Å²) in [7, 11) is 0. The second-order valence-corrected chi connectivity index (χ2v) is 5.35. The Bertz CT molecular complexity index is 603. The summed E-state index contributed by atoms with van der Waals surface area (Å²) in [4.78, 5) is 12.2. The Morgan fingerprint density at radius 3 is 2.25 bits per heavy atom. The Balaban J connectivity index is 2.11. The van der Waals surface area contributed by atoms with Crippen LogP contribution in [0.1, 0.15) is 39.0 Å². The standard InChI is InChI=1S/C18H19FO/c1-12-4-6-15(7-5-12)8-9-17(20)18-14(3)10-13(2)11-16(18)19/h4-7,10-11H,8-9H2,1-3H3. The Labute approximate surface area is 119 Å². The van der Waals surface area contributed by atoms with Crippen LogP contribution in [0.15, 0.2) is 36.4 Å². The first-order chi connectivity index (χ1) is 9.47. The van der Waals surface area contributed by atoms with Crippen LogP contribution in [0.5, 0.6) is 0 Å². The van der Waals surface area contributed by atoms with Gasteiger partial charge in [-0.05, 0) is 49.9 Å². The highest BCUT2D eigenvalue weighted by molar-refractivity contribution is 5.97. The zero-order valence-electron chi connectivity index (χ0n) is 12.2. The molecule has 0 aliphatic heterocycles. The topological polar surface area (TPSA) is 17.1 Å². The highest BCUT2D eigenvalue weighted by Gasteiger charge is 2.15. The molecule has 104 valence electrons. The molecule has 0 saturated carbocycles. The number of benzene rings is 2. The van der Waals surface area contributed by atoms with Gasteiger partial charge in [-0.1, -0.05) is 35.9 Å². The molecule has 2 rings (SSSR count). The number of rotatable bonds is 4. The quantitative estimate of drug-likeness (QED) is 0.744. The molecule has 20 heavy (non-hydrogen) atoms. The van der Waals surface area contributed by atoms with Gasteiger partial charge >= 0.3 is 0 Å². The molecule has 0 N–H and O–H groups in total. The van der Waals surface area contributed by atoms with E-state index in [1.807, 2.05) is 44.2 Å². The predicted octanol–water partition coefficient (Wildman–Crippen LogP) is 4.57. The van der Waals surface area contributed by atoms with E-state index in [-0.39, 0.29) is 11.3 Å². The van der Waals surface area contributed by atoms with Gasteiger partial charge in [-0.3, -0.25) is 4.79 Å². The summed E-state index contributed by atoms with van der Waals surface area (Å²) in [6, 6.07) is 11.4. The molecule has 2 aromatic carbocycles. The fourth-order valence-electron chi connectivity index (χ4n) is 2.41. The van der Waals surface area contributed by atoms with Crippen molar-refractivity contribution in [2.75, 3.05) is 0 Å².